The molecule has 3 heteroatoms. The van der Waals surface area contributed by atoms with Crippen LogP contribution in [0.4, 0.5) is 10.5 Å². The number of benzene rings is 2. The molecular weight excluding hydrogens is 284 g/mol. The molecule has 122 valence electrons. The van der Waals surface area contributed by atoms with Crippen LogP contribution in [0.1, 0.15) is 37.5 Å². The Kier molecular flexibility index (Phi) is 5.43. The number of hydrogen-bond acceptors (Lipinski definition) is 1. The number of rotatable bonds is 5. The van der Waals surface area contributed by atoms with Crippen LogP contribution in [-0.4, -0.2) is 11.6 Å². The Balaban J connectivity index is 2.04. The summed E-state index contributed by atoms with van der Waals surface area (Å²) in [5.41, 5.74) is 4.05. The molecule has 2 rings (SSSR count). The highest BCUT2D eigenvalue weighted by molar-refractivity contribution is 5.91. The first-order valence-electron chi connectivity index (χ1n) is 8.13. The zero-order valence-electron chi connectivity index (χ0n) is 14.4. The molecule has 0 saturated carbocycles. The number of anilines is 1. The predicted octanol–water partition coefficient (Wildman–Crippen LogP) is 4.70. The Morgan fingerprint density at radius 1 is 1.04 bits per heavy atom. The summed E-state index contributed by atoms with van der Waals surface area (Å²) < 4.78 is 0. The van der Waals surface area contributed by atoms with E-state index in [9.17, 15) is 4.79 Å². The maximum absolute atomic E-state index is 12.4. The largest absolute Gasteiger partial charge is 0.333 e. The molecule has 2 N–H and O–H groups in total. The second-order valence-electron chi connectivity index (χ2n) is 6.59. The lowest BCUT2D eigenvalue weighted by atomic mass is 9.95. The average molecular weight is 310 g/mol. The van der Waals surface area contributed by atoms with Crippen LogP contribution in [0.25, 0.3) is 0 Å². The molecule has 0 aliphatic heterocycles. The Bertz CT molecular complexity index is 663. The quantitative estimate of drug-likeness (QED) is 0.825. The number of carbonyl (C=O) groups excluding carboxylic acids is 1. The van der Waals surface area contributed by atoms with E-state index < -0.39 is 0 Å². The van der Waals surface area contributed by atoms with Gasteiger partial charge in [0.25, 0.3) is 0 Å². The van der Waals surface area contributed by atoms with Gasteiger partial charge in [0.05, 0.1) is 0 Å². The van der Waals surface area contributed by atoms with Crippen molar-refractivity contribution in [2.45, 2.75) is 46.1 Å². The van der Waals surface area contributed by atoms with E-state index in [-0.39, 0.29) is 11.6 Å². The summed E-state index contributed by atoms with van der Waals surface area (Å²) in [6, 6.07) is 16.1. The molecule has 0 fully saturated rings. The third-order valence-electron chi connectivity index (χ3n) is 3.92. The molecular formula is C20H26N2O. The second-order valence-corrected chi connectivity index (χ2v) is 6.59. The Hall–Kier alpha value is -2.29. The van der Waals surface area contributed by atoms with Crippen molar-refractivity contribution in [3.63, 3.8) is 0 Å². The van der Waals surface area contributed by atoms with Gasteiger partial charge in [-0.25, -0.2) is 4.79 Å². The molecule has 2 amide bonds. The lowest BCUT2D eigenvalue weighted by Gasteiger charge is -2.27. The van der Waals surface area contributed by atoms with Crippen LogP contribution in [0, 0.1) is 6.92 Å². The third kappa shape index (κ3) is 4.85. The van der Waals surface area contributed by atoms with E-state index in [4.69, 9.17) is 0 Å². The minimum Gasteiger partial charge on any atom is -0.333 e. The molecule has 0 radical (unpaired) electrons. The zero-order valence-corrected chi connectivity index (χ0v) is 14.4. The van der Waals surface area contributed by atoms with Crippen molar-refractivity contribution < 1.29 is 4.79 Å². The van der Waals surface area contributed by atoms with Crippen molar-refractivity contribution in [1.29, 1.82) is 0 Å². The SMILES string of the molecule is CCc1cccc(C)c1NC(=O)NC(C)(C)Cc1ccccc1. The summed E-state index contributed by atoms with van der Waals surface area (Å²) in [5, 5.41) is 6.10. The fraction of sp³-hybridized carbons (Fsp3) is 0.350. The van der Waals surface area contributed by atoms with Gasteiger partial charge in [-0.2, -0.15) is 0 Å². The van der Waals surface area contributed by atoms with Gasteiger partial charge in [0.1, 0.15) is 0 Å². The summed E-state index contributed by atoms with van der Waals surface area (Å²) in [5.74, 6) is 0. The molecule has 0 aliphatic carbocycles. The van der Waals surface area contributed by atoms with E-state index >= 15 is 0 Å². The van der Waals surface area contributed by atoms with Crippen LogP contribution in [0.5, 0.6) is 0 Å². The van der Waals surface area contributed by atoms with Gasteiger partial charge in [0.15, 0.2) is 0 Å². The van der Waals surface area contributed by atoms with E-state index in [1.54, 1.807) is 0 Å². The molecule has 2 aromatic carbocycles. The number of carbonyl (C=O) groups is 1. The van der Waals surface area contributed by atoms with Gasteiger partial charge in [0, 0.05) is 11.2 Å². The first-order chi connectivity index (χ1) is 10.9. The molecule has 2 aromatic rings. The van der Waals surface area contributed by atoms with Gasteiger partial charge < -0.3 is 10.6 Å². The van der Waals surface area contributed by atoms with Gasteiger partial charge >= 0.3 is 6.03 Å². The zero-order chi connectivity index (χ0) is 16.9. The Morgan fingerprint density at radius 3 is 2.39 bits per heavy atom. The van der Waals surface area contributed by atoms with Gasteiger partial charge in [-0.05, 0) is 50.3 Å². The fourth-order valence-electron chi connectivity index (χ4n) is 2.80. The third-order valence-corrected chi connectivity index (χ3v) is 3.92. The van der Waals surface area contributed by atoms with Crippen LogP contribution in [-0.2, 0) is 12.8 Å². The van der Waals surface area contributed by atoms with E-state index in [0.717, 1.165) is 29.7 Å². The number of urea groups is 1. The fourth-order valence-corrected chi connectivity index (χ4v) is 2.80. The van der Waals surface area contributed by atoms with Crippen LogP contribution in [0.3, 0.4) is 0 Å². The molecule has 0 saturated heterocycles. The topological polar surface area (TPSA) is 41.1 Å². The van der Waals surface area contributed by atoms with Crippen molar-refractivity contribution in [2.75, 3.05) is 5.32 Å². The molecule has 0 aliphatic rings. The summed E-state index contributed by atoms with van der Waals surface area (Å²) >= 11 is 0. The number of hydrogen-bond donors (Lipinski definition) is 2. The second kappa shape index (κ2) is 7.32. The first kappa shape index (κ1) is 17.1. The Labute approximate surface area is 139 Å². The van der Waals surface area contributed by atoms with Crippen LogP contribution in [0.2, 0.25) is 0 Å². The van der Waals surface area contributed by atoms with Gasteiger partial charge in [-0.1, -0.05) is 55.5 Å². The lowest BCUT2D eigenvalue weighted by molar-refractivity contribution is 0.241. The van der Waals surface area contributed by atoms with E-state index in [1.165, 1.54) is 5.56 Å². The maximum atomic E-state index is 12.4. The van der Waals surface area contributed by atoms with Gasteiger partial charge in [-0.3, -0.25) is 0 Å². The van der Waals surface area contributed by atoms with E-state index in [1.807, 2.05) is 51.1 Å². The summed E-state index contributed by atoms with van der Waals surface area (Å²) in [4.78, 5) is 12.4. The summed E-state index contributed by atoms with van der Waals surface area (Å²) in [7, 11) is 0. The molecule has 0 aromatic heterocycles. The minimum atomic E-state index is -0.319. The van der Waals surface area contributed by atoms with Gasteiger partial charge in [0.2, 0.25) is 0 Å². The first-order valence-corrected chi connectivity index (χ1v) is 8.13. The number of amides is 2. The normalized spacial score (nSPS) is 11.1. The van der Waals surface area contributed by atoms with Crippen LogP contribution in [0.15, 0.2) is 48.5 Å². The van der Waals surface area contributed by atoms with Crippen molar-refractivity contribution in [3.8, 4) is 0 Å². The lowest BCUT2D eigenvalue weighted by Crippen LogP contribution is -2.47. The van der Waals surface area contributed by atoms with Crippen molar-refractivity contribution in [3.05, 3.63) is 65.2 Å². The molecule has 0 atom stereocenters. The monoisotopic (exact) mass is 310 g/mol. The maximum Gasteiger partial charge on any atom is 0.319 e. The van der Waals surface area contributed by atoms with Crippen LogP contribution >= 0.6 is 0 Å². The molecule has 0 unspecified atom stereocenters. The Morgan fingerprint density at radius 2 is 1.74 bits per heavy atom. The standard InChI is InChI=1S/C20H26N2O/c1-5-17-13-9-10-15(2)18(17)21-19(23)22-20(3,4)14-16-11-7-6-8-12-16/h6-13H,5,14H2,1-4H3,(H2,21,22,23). The van der Waals surface area contributed by atoms with Gasteiger partial charge in [-0.15, -0.1) is 0 Å². The number of aryl methyl sites for hydroxylation is 2. The molecule has 0 spiro atoms. The van der Waals surface area contributed by atoms with E-state index in [2.05, 4.69) is 35.8 Å². The highest BCUT2D eigenvalue weighted by Gasteiger charge is 2.21. The highest BCUT2D eigenvalue weighted by Crippen LogP contribution is 2.21. The molecule has 0 heterocycles. The predicted molar refractivity (Wildman–Crippen MR) is 96.9 cm³/mol. The van der Waals surface area contributed by atoms with Crippen LogP contribution < -0.4 is 10.6 Å². The smallest absolute Gasteiger partial charge is 0.319 e. The van der Waals surface area contributed by atoms with E-state index in [0.29, 0.717) is 0 Å². The van der Waals surface area contributed by atoms with Crippen molar-refractivity contribution in [1.82, 2.24) is 5.32 Å². The highest BCUT2D eigenvalue weighted by atomic mass is 16.2. The van der Waals surface area contributed by atoms with Crippen molar-refractivity contribution in [2.24, 2.45) is 0 Å². The number of para-hydroxylation sites is 1. The molecule has 0 bridgehead atoms. The van der Waals surface area contributed by atoms with Crippen molar-refractivity contribution >= 4 is 11.7 Å². The molecule has 3 nitrogen and oxygen atoms in total. The molecule has 23 heavy (non-hydrogen) atoms. The average Bonchev–Trinajstić information content (AvgIpc) is 2.49. The minimum absolute atomic E-state index is 0.157. The number of nitrogens with one attached hydrogen (secondary N) is 2. The summed E-state index contributed by atoms with van der Waals surface area (Å²) in [6.45, 7) is 8.19. The summed E-state index contributed by atoms with van der Waals surface area (Å²) in [6.07, 6.45) is 1.68.